The SMILES string of the molecule is CN=C(NCCOCC(C)C)N(C)CC1CCOC1.I. The van der Waals surface area contributed by atoms with Gasteiger partial charge in [-0.1, -0.05) is 13.8 Å². The van der Waals surface area contributed by atoms with E-state index in [0.717, 1.165) is 51.9 Å². The molecule has 0 aromatic carbocycles. The van der Waals surface area contributed by atoms with Crippen molar-refractivity contribution in [2.45, 2.75) is 20.3 Å². The van der Waals surface area contributed by atoms with Crippen molar-refractivity contribution in [3.63, 3.8) is 0 Å². The summed E-state index contributed by atoms with van der Waals surface area (Å²) in [5.74, 6) is 2.14. The zero-order valence-electron chi connectivity index (χ0n) is 13.2. The molecule has 0 saturated carbocycles. The summed E-state index contributed by atoms with van der Waals surface area (Å²) in [6.07, 6.45) is 1.15. The molecule has 1 aliphatic rings. The van der Waals surface area contributed by atoms with Crippen LogP contribution in [0.1, 0.15) is 20.3 Å². The molecule has 0 spiro atoms. The highest BCUT2D eigenvalue weighted by atomic mass is 127. The molecular formula is C14H30IN3O2. The maximum Gasteiger partial charge on any atom is 0.193 e. The first-order valence-electron chi connectivity index (χ1n) is 7.20. The van der Waals surface area contributed by atoms with Crippen LogP contribution in [0.25, 0.3) is 0 Å². The average Bonchev–Trinajstić information content (AvgIpc) is 2.86. The van der Waals surface area contributed by atoms with Gasteiger partial charge in [-0.3, -0.25) is 4.99 Å². The summed E-state index contributed by atoms with van der Waals surface area (Å²) < 4.78 is 10.9. The fraction of sp³-hybridized carbons (Fsp3) is 0.929. The minimum Gasteiger partial charge on any atom is -0.381 e. The van der Waals surface area contributed by atoms with Crippen LogP contribution >= 0.6 is 24.0 Å². The molecule has 1 fully saturated rings. The second kappa shape index (κ2) is 11.6. The van der Waals surface area contributed by atoms with Gasteiger partial charge in [0.05, 0.1) is 13.2 Å². The van der Waals surface area contributed by atoms with E-state index < -0.39 is 0 Å². The molecule has 6 heteroatoms. The molecule has 1 N–H and O–H groups in total. The third-order valence-corrected chi connectivity index (χ3v) is 3.11. The number of ether oxygens (including phenoxy) is 2. The molecule has 0 aliphatic carbocycles. The van der Waals surface area contributed by atoms with Gasteiger partial charge in [-0.2, -0.15) is 0 Å². The van der Waals surface area contributed by atoms with Crippen LogP contribution in [0.2, 0.25) is 0 Å². The summed E-state index contributed by atoms with van der Waals surface area (Å²) in [5, 5.41) is 3.33. The lowest BCUT2D eigenvalue weighted by molar-refractivity contribution is 0.114. The number of hydrogen-bond acceptors (Lipinski definition) is 3. The van der Waals surface area contributed by atoms with Gasteiger partial charge in [0.2, 0.25) is 0 Å². The highest BCUT2D eigenvalue weighted by Crippen LogP contribution is 2.13. The zero-order chi connectivity index (χ0) is 14.1. The third-order valence-electron chi connectivity index (χ3n) is 3.11. The number of guanidine groups is 1. The predicted octanol–water partition coefficient (Wildman–Crippen LogP) is 1.82. The second-order valence-corrected chi connectivity index (χ2v) is 5.55. The lowest BCUT2D eigenvalue weighted by atomic mass is 10.1. The molecule has 0 radical (unpaired) electrons. The molecule has 0 amide bonds. The van der Waals surface area contributed by atoms with Gasteiger partial charge in [-0.05, 0) is 12.3 Å². The maximum atomic E-state index is 5.55. The van der Waals surface area contributed by atoms with Crippen molar-refractivity contribution in [3.05, 3.63) is 0 Å². The summed E-state index contributed by atoms with van der Waals surface area (Å²) in [7, 11) is 3.89. The van der Waals surface area contributed by atoms with E-state index in [4.69, 9.17) is 9.47 Å². The normalized spacial score (nSPS) is 19.1. The maximum absolute atomic E-state index is 5.55. The number of nitrogens with one attached hydrogen (secondary N) is 1. The van der Waals surface area contributed by atoms with Crippen molar-refractivity contribution in [2.24, 2.45) is 16.8 Å². The van der Waals surface area contributed by atoms with Gasteiger partial charge in [0.15, 0.2) is 5.96 Å². The Labute approximate surface area is 140 Å². The monoisotopic (exact) mass is 399 g/mol. The lowest BCUT2D eigenvalue weighted by Gasteiger charge is -2.24. The van der Waals surface area contributed by atoms with Crippen LogP contribution in [-0.4, -0.2) is 64.5 Å². The van der Waals surface area contributed by atoms with Crippen molar-refractivity contribution in [3.8, 4) is 0 Å². The summed E-state index contributed by atoms with van der Waals surface area (Å²) >= 11 is 0. The van der Waals surface area contributed by atoms with Crippen LogP contribution in [0.4, 0.5) is 0 Å². The molecule has 0 bridgehead atoms. The average molecular weight is 399 g/mol. The smallest absolute Gasteiger partial charge is 0.193 e. The molecular weight excluding hydrogens is 369 g/mol. The van der Waals surface area contributed by atoms with Crippen molar-refractivity contribution < 1.29 is 9.47 Å². The third kappa shape index (κ3) is 8.26. The molecule has 1 atom stereocenters. The van der Waals surface area contributed by atoms with E-state index in [0.29, 0.717) is 11.8 Å². The number of aliphatic imine (C=N–C) groups is 1. The summed E-state index contributed by atoms with van der Waals surface area (Å²) in [5.41, 5.74) is 0. The molecule has 1 aliphatic heterocycles. The Hall–Kier alpha value is -0.0800. The molecule has 1 heterocycles. The van der Waals surface area contributed by atoms with Crippen LogP contribution in [0, 0.1) is 11.8 Å². The molecule has 120 valence electrons. The van der Waals surface area contributed by atoms with Gasteiger partial charge >= 0.3 is 0 Å². The molecule has 1 unspecified atom stereocenters. The predicted molar refractivity (Wildman–Crippen MR) is 94.0 cm³/mol. The largest absolute Gasteiger partial charge is 0.381 e. The van der Waals surface area contributed by atoms with Crippen molar-refractivity contribution in [1.29, 1.82) is 0 Å². The van der Waals surface area contributed by atoms with Gasteiger partial charge in [-0.25, -0.2) is 0 Å². The highest BCUT2D eigenvalue weighted by Gasteiger charge is 2.18. The highest BCUT2D eigenvalue weighted by molar-refractivity contribution is 14.0. The number of halogens is 1. The zero-order valence-corrected chi connectivity index (χ0v) is 15.6. The van der Waals surface area contributed by atoms with E-state index in [1.54, 1.807) is 0 Å². The van der Waals surface area contributed by atoms with Crippen LogP contribution in [-0.2, 0) is 9.47 Å². The Kier molecular flexibility index (Phi) is 11.5. The van der Waals surface area contributed by atoms with Crippen LogP contribution in [0.3, 0.4) is 0 Å². The first-order chi connectivity index (χ1) is 9.13. The second-order valence-electron chi connectivity index (χ2n) is 5.55. The minimum atomic E-state index is 0. The molecule has 0 aromatic rings. The Balaban J connectivity index is 0.00000361. The standard InChI is InChI=1S/C14H29N3O2.HI/c1-12(2)10-19-8-6-16-14(15-3)17(4)9-13-5-7-18-11-13;/h12-13H,5-11H2,1-4H3,(H,15,16);1H. The summed E-state index contributed by atoms with van der Waals surface area (Å²) in [6, 6.07) is 0. The number of hydrogen-bond donors (Lipinski definition) is 1. The van der Waals surface area contributed by atoms with Gasteiger partial charge in [-0.15, -0.1) is 24.0 Å². The van der Waals surface area contributed by atoms with Crippen LogP contribution in [0.5, 0.6) is 0 Å². The Bertz CT molecular complexity index is 269. The summed E-state index contributed by atoms with van der Waals surface area (Å²) in [4.78, 5) is 6.47. The molecule has 1 saturated heterocycles. The van der Waals surface area contributed by atoms with Crippen LogP contribution in [0.15, 0.2) is 4.99 Å². The molecule has 0 aromatic heterocycles. The lowest BCUT2D eigenvalue weighted by Crippen LogP contribution is -2.42. The Morgan fingerprint density at radius 1 is 1.50 bits per heavy atom. The quantitative estimate of drug-likeness (QED) is 0.307. The summed E-state index contributed by atoms with van der Waals surface area (Å²) in [6.45, 7) is 9.41. The number of rotatable bonds is 7. The first-order valence-corrected chi connectivity index (χ1v) is 7.20. The van der Waals surface area contributed by atoms with Crippen molar-refractivity contribution in [2.75, 3.05) is 53.6 Å². The van der Waals surface area contributed by atoms with E-state index in [9.17, 15) is 0 Å². The van der Waals surface area contributed by atoms with E-state index >= 15 is 0 Å². The van der Waals surface area contributed by atoms with Gasteiger partial charge in [0, 0.05) is 46.3 Å². The van der Waals surface area contributed by atoms with E-state index in [2.05, 4.69) is 36.1 Å². The van der Waals surface area contributed by atoms with Crippen molar-refractivity contribution >= 4 is 29.9 Å². The van der Waals surface area contributed by atoms with Gasteiger partial charge in [0.1, 0.15) is 0 Å². The number of nitrogens with zero attached hydrogens (tertiary/aromatic N) is 2. The first kappa shape index (κ1) is 19.9. The van der Waals surface area contributed by atoms with Gasteiger partial charge < -0.3 is 19.7 Å². The Morgan fingerprint density at radius 2 is 2.25 bits per heavy atom. The van der Waals surface area contributed by atoms with Gasteiger partial charge in [0.25, 0.3) is 0 Å². The Morgan fingerprint density at radius 3 is 2.80 bits per heavy atom. The van der Waals surface area contributed by atoms with E-state index in [-0.39, 0.29) is 24.0 Å². The minimum absolute atomic E-state index is 0. The molecule has 5 nitrogen and oxygen atoms in total. The molecule has 20 heavy (non-hydrogen) atoms. The van der Waals surface area contributed by atoms with E-state index in [1.165, 1.54) is 0 Å². The van der Waals surface area contributed by atoms with E-state index in [1.807, 2.05) is 7.05 Å². The molecule has 1 rings (SSSR count). The van der Waals surface area contributed by atoms with Crippen molar-refractivity contribution in [1.82, 2.24) is 10.2 Å². The fourth-order valence-electron chi connectivity index (χ4n) is 2.14. The topological polar surface area (TPSA) is 46.1 Å². The fourth-order valence-corrected chi connectivity index (χ4v) is 2.14. The van der Waals surface area contributed by atoms with Crippen LogP contribution < -0.4 is 5.32 Å².